The molecule has 0 spiro atoms. The van der Waals surface area contributed by atoms with E-state index in [-0.39, 0.29) is 21.8 Å². The summed E-state index contributed by atoms with van der Waals surface area (Å²) in [6.07, 6.45) is 0. The van der Waals surface area contributed by atoms with Crippen LogP contribution in [0.4, 0.5) is 0 Å². The van der Waals surface area contributed by atoms with Crippen LogP contribution in [0.25, 0.3) is 0 Å². The van der Waals surface area contributed by atoms with Gasteiger partial charge in [0.05, 0.1) is 11.1 Å². The lowest BCUT2D eigenvalue weighted by molar-refractivity contribution is 0.0673. The SMILES string of the molecule is CC1(C)CN(C(=O)c2ccccc2C(=O)O)CCS1. The van der Waals surface area contributed by atoms with Crippen molar-refractivity contribution < 1.29 is 14.7 Å². The Balaban J connectivity index is 2.27. The van der Waals surface area contributed by atoms with Gasteiger partial charge in [0.2, 0.25) is 0 Å². The normalized spacial score (nSPS) is 18.1. The molecule has 1 aliphatic rings. The number of benzene rings is 1. The zero-order chi connectivity index (χ0) is 14.0. The van der Waals surface area contributed by atoms with Gasteiger partial charge in [0.1, 0.15) is 0 Å². The molecule has 0 radical (unpaired) electrons. The van der Waals surface area contributed by atoms with Crippen molar-refractivity contribution in [3.05, 3.63) is 35.4 Å². The molecule has 2 rings (SSSR count). The number of aromatic carboxylic acids is 1. The minimum atomic E-state index is -1.06. The Morgan fingerprint density at radius 2 is 1.89 bits per heavy atom. The Labute approximate surface area is 116 Å². The fourth-order valence-corrected chi connectivity index (χ4v) is 3.33. The van der Waals surface area contributed by atoms with Crippen LogP contribution in [0.3, 0.4) is 0 Å². The molecule has 4 nitrogen and oxygen atoms in total. The molecule has 1 heterocycles. The molecule has 1 amide bonds. The van der Waals surface area contributed by atoms with Crippen LogP contribution in [0.15, 0.2) is 24.3 Å². The van der Waals surface area contributed by atoms with Crippen molar-refractivity contribution in [2.24, 2.45) is 0 Å². The predicted octanol–water partition coefficient (Wildman–Crippen LogP) is 2.35. The van der Waals surface area contributed by atoms with Crippen LogP contribution in [0.2, 0.25) is 0 Å². The van der Waals surface area contributed by atoms with Crippen LogP contribution in [-0.2, 0) is 0 Å². The van der Waals surface area contributed by atoms with Crippen LogP contribution in [0, 0.1) is 0 Å². The van der Waals surface area contributed by atoms with Crippen molar-refractivity contribution in [1.82, 2.24) is 4.90 Å². The van der Waals surface area contributed by atoms with E-state index in [1.165, 1.54) is 6.07 Å². The van der Waals surface area contributed by atoms with Gasteiger partial charge in [0.15, 0.2) is 0 Å². The molecule has 19 heavy (non-hydrogen) atoms. The monoisotopic (exact) mass is 279 g/mol. The molecule has 102 valence electrons. The number of thioether (sulfide) groups is 1. The molecule has 1 fully saturated rings. The molecule has 5 heteroatoms. The van der Waals surface area contributed by atoms with E-state index in [1.54, 1.807) is 23.1 Å². The van der Waals surface area contributed by atoms with E-state index < -0.39 is 5.97 Å². The smallest absolute Gasteiger partial charge is 0.336 e. The first-order valence-corrected chi connectivity index (χ1v) is 7.15. The molecule has 1 aromatic carbocycles. The fraction of sp³-hybridized carbons (Fsp3) is 0.429. The van der Waals surface area contributed by atoms with Gasteiger partial charge in [-0.1, -0.05) is 12.1 Å². The molecule has 1 saturated heterocycles. The molecular formula is C14H17NO3S. The summed E-state index contributed by atoms with van der Waals surface area (Å²) in [5.41, 5.74) is 0.348. The number of hydrogen-bond donors (Lipinski definition) is 1. The first-order valence-electron chi connectivity index (χ1n) is 6.16. The lowest BCUT2D eigenvalue weighted by Crippen LogP contribution is -2.46. The van der Waals surface area contributed by atoms with Gasteiger partial charge in [0, 0.05) is 23.6 Å². The highest BCUT2D eigenvalue weighted by Gasteiger charge is 2.31. The topological polar surface area (TPSA) is 57.6 Å². The van der Waals surface area contributed by atoms with Crippen molar-refractivity contribution in [1.29, 1.82) is 0 Å². The van der Waals surface area contributed by atoms with Gasteiger partial charge >= 0.3 is 5.97 Å². The summed E-state index contributed by atoms with van der Waals surface area (Å²) in [5, 5.41) is 9.14. The number of rotatable bonds is 2. The molecule has 0 unspecified atom stereocenters. The average Bonchev–Trinajstić information content (AvgIpc) is 2.36. The molecule has 0 aromatic heterocycles. The number of carbonyl (C=O) groups is 2. The van der Waals surface area contributed by atoms with Gasteiger partial charge in [-0.25, -0.2) is 4.79 Å². The molecule has 0 bridgehead atoms. The predicted molar refractivity (Wildman–Crippen MR) is 75.8 cm³/mol. The lowest BCUT2D eigenvalue weighted by Gasteiger charge is -2.37. The van der Waals surface area contributed by atoms with Crippen LogP contribution in [-0.4, -0.2) is 45.5 Å². The van der Waals surface area contributed by atoms with Crippen LogP contribution < -0.4 is 0 Å². The van der Waals surface area contributed by atoms with Crippen molar-refractivity contribution in [2.75, 3.05) is 18.8 Å². The number of carboxylic acids is 1. The fourth-order valence-electron chi connectivity index (χ4n) is 2.22. The summed E-state index contributed by atoms with van der Waals surface area (Å²) in [5.74, 6) is -0.366. The number of nitrogens with zero attached hydrogens (tertiary/aromatic N) is 1. The lowest BCUT2D eigenvalue weighted by atomic mass is 10.1. The Bertz CT molecular complexity index is 513. The van der Waals surface area contributed by atoms with Crippen molar-refractivity contribution in [3.63, 3.8) is 0 Å². The van der Waals surface area contributed by atoms with E-state index in [0.29, 0.717) is 13.1 Å². The van der Waals surface area contributed by atoms with E-state index >= 15 is 0 Å². The molecule has 0 atom stereocenters. The van der Waals surface area contributed by atoms with Gasteiger partial charge in [-0.3, -0.25) is 4.79 Å². The van der Waals surface area contributed by atoms with Gasteiger partial charge in [-0.05, 0) is 26.0 Å². The molecular weight excluding hydrogens is 262 g/mol. The molecule has 1 aliphatic heterocycles. The maximum Gasteiger partial charge on any atom is 0.336 e. The Morgan fingerprint density at radius 1 is 1.26 bits per heavy atom. The number of carboxylic acid groups (broad SMARTS) is 1. The maximum absolute atomic E-state index is 12.5. The van der Waals surface area contributed by atoms with Gasteiger partial charge < -0.3 is 10.0 Å². The van der Waals surface area contributed by atoms with Gasteiger partial charge in [0.25, 0.3) is 5.91 Å². The summed E-state index contributed by atoms with van der Waals surface area (Å²) < 4.78 is 0.0199. The zero-order valence-electron chi connectivity index (χ0n) is 11.0. The van der Waals surface area contributed by atoms with Crippen LogP contribution >= 0.6 is 11.8 Å². The summed E-state index contributed by atoms with van der Waals surface area (Å²) >= 11 is 1.84. The highest BCUT2D eigenvalue weighted by atomic mass is 32.2. The standard InChI is InChI=1S/C14H17NO3S/c1-14(2)9-15(7-8-19-14)12(16)10-5-3-4-6-11(10)13(17)18/h3-6H,7-9H2,1-2H3,(H,17,18). The minimum absolute atomic E-state index is 0.0199. The second-order valence-corrected chi connectivity index (χ2v) is 6.99. The summed E-state index contributed by atoms with van der Waals surface area (Å²) in [4.78, 5) is 25.4. The third-order valence-electron chi connectivity index (χ3n) is 3.10. The third-order valence-corrected chi connectivity index (χ3v) is 4.40. The van der Waals surface area contributed by atoms with E-state index in [2.05, 4.69) is 13.8 Å². The van der Waals surface area contributed by atoms with Crippen molar-refractivity contribution in [2.45, 2.75) is 18.6 Å². The van der Waals surface area contributed by atoms with E-state index in [9.17, 15) is 9.59 Å². The van der Waals surface area contributed by atoms with Gasteiger partial charge in [-0.15, -0.1) is 0 Å². The second kappa shape index (κ2) is 5.25. The number of carbonyl (C=O) groups excluding carboxylic acids is 1. The van der Waals surface area contributed by atoms with Crippen molar-refractivity contribution >= 4 is 23.6 Å². The average molecular weight is 279 g/mol. The zero-order valence-corrected chi connectivity index (χ0v) is 11.9. The maximum atomic E-state index is 12.5. The number of amides is 1. The number of hydrogen-bond acceptors (Lipinski definition) is 3. The minimum Gasteiger partial charge on any atom is -0.478 e. The van der Waals surface area contributed by atoms with Crippen LogP contribution in [0.1, 0.15) is 34.6 Å². The quantitative estimate of drug-likeness (QED) is 0.903. The second-order valence-electron chi connectivity index (χ2n) is 5.19. The summed E-state index contributed by atoms with van der Waals surface area (Å²) in [6.45, 7) is 5.51. The molecule has 1 N–H and O–H groups in total. The molecule has 0 saturated carbocycles. The highest BCUT2D eigenvalue weighted by molar-refractivity contribution is 8.00. The van der Waals surface area contributed by atoms with Crippen molar-refractivity contribution in [3.8, 4) is 0 Å². The first-order chi connectivity index (χ1) is 8.91. The molecule has 1 aromatic rings. The van der Waals surface area contributed by atoms with E-state index in [4.69, 9.17) is 5.11 Å². The Kier molecular flexibility index (Phi) is 3.85. The first kappa shape index (κ1) is 13.9. The summed E-state index contributed by atoms with van der Waals surface area (Å²) in [7, 11) is 0. The largest absolute Gasteiger partial charge is 0.478 e. The Hall–Kier alpha value is -1.49. The molecule has 0 aliphatic carbocycles. The van der Waals surface area contributed by atoms with Crippen LogP contribution in [0.5, 0.6) is 0 Å². The third kappa shape index (κ3) is 3.10. The van der Waals surface area contributed by atoms with E-state index in [0.717, 1.165) is 5.75 Å². The highest BCUT2D eigenvalue weighted by Crippen LogP contribution is 2.30. The van der Waals surface area contributed by atoms with E-state index in [1.807, 2.05) is 11.8 Å². The summed E-state index contributed by atoms with van der Waals surface area (Å²) in [6, 6.07) is 6.39. The van der Waals surface area contributed by atoms with Gasteiger partial charge in [-0.2, -0.15) is 11.8 Å². The Morgan fingerprint density at radius 3 is 2.47 bits per heavy atom.